The van der Waals surface area contributed by atoms with Crippen molar-refractivity contribution in [2.24, 2.45) is 0 Å². The summed E-state index contributed by atoms with van der Waals surface area (Å²) < 4.78 is 5.61. The van der Waals surface area contributed by atoms with E-state index in [1.807, 2.05) is 30.3 Å². The predicted octanol–water partition coefficient (Wildman–Crippen LogP) is 3.94. The molecule has 0 aliphatic carbocycles. The molecule has 0 bridgehead atoms. The van der Waals surface area contributed by atoms with Crippen LogP contribution in [0, 0.1) is 0 Å². The second-order valence-electron chi connectivity index (χ2n) is 4.78. The Hall–Kier alpha value is -2.81. The number of aldehydes is 1. The Morgan fingerprint density at radius 3 is 2.57 bits per heavy atom. The quantitative estimate of drug-likeness (QED) is 0.735. The van der Waals surface area contributed by atoms with Crippen LogP contribution in [0.2, 0.25) is 0 Å². The molecule has 3 rings (SSSR count). The van der Waals surface area contributed by atoms with Crippen LogP contribution in [-0.2, 0) is 6.61 Å². The first-order valence-electron chi connectivity index (χ1n) is 6.65. The van der Waals surface area contributed by atoms with E-state index in [1.165, 1.54) is 5.39 Å². The van der Waals surface area contributed by atoms with Gasteiger partial charge in [0.05, 0.1) is 5.56 Å². The fourth-order valence-corrected chi connectivity index (χ4v) is 2.24. The Morgan fingerprint density at radius 2 is 1.76 bits per heavy atom. The molecule has 3 aromatic rings. The summed E-state index contributed by atoms with van der Waals surface area (Å²) in [5.41, 5.74) is 1.23. The second kappa shape index (κ2) is 5.67. The molecule has 104 valence electrons. The predicted molar refractivity (Wildman–Crippen MR) is 81.8 cm³/mol. The van der Waals surface area contributed by atoms with Gasteiger partial charge in [-0.2, -0.15) is 0 Å². The first kappa shape index (κ1) is 13.2. The minimum absolute atomic E-state index is 0.117. The van der Waals surface area contributed by atoms with Crippen LogP contribution in [0.25, 0.3) is 10.8 Å². The minimum atomic E-state index is -0.117. The molecule has 0 saturated carbocycles. The molecule has 0 unspecified atom stereocenters. The van der Waals surface area contributed by atoms with Crippen LogP contribution in [-0.4, -0.2) is 11.4 Å². The highest BCUT2D eigenvalue weighted by atomic mass is 16.5. The molecule has 0 heterocycles. The maximum absolute atomic E-state index is 10.8. The number of fused-ring (bicyclic) bond motifs is 1. The van der Waals surface area contributed by atoms with Crippen molar-refractivity contribution in [1.82, 2.24) is 0 Å². The van der Waals surface area contributed by atoms with Crippen LogP contribution in [0.15, 0.2) is 60.7 Å². The van der Waals surface area contributed by atoms with Crippen molar-refractivity contribution in [2.45, 2.75) is 6.61 Å². The van der Waals surface area contributed by atoms with Gasteiger partial charge in [0, 0.05) is 0 Å². The fraction of sp³-hybridized carbons (Fsp3) is 0.0556. The van der Waals surface area contributed by atoms with E-state index >= 15 is 0 Å². The first-order valence-corrected chi connectivity index (χ1v) is 6.65. The summed E-state index contributed by atoms with van der Waals surface area (Å²) in [7, 11) is 0. The average molecular weight is 278 g/mol. The summed E-state index contributed by atoms with van der Waals surface area (Å²) in [6.45, 7) is 0.334. The smallest absolute Gasteiger partial charge is 0.168 e. The van der Waals surface area contributed by atoms with Crippen molar-refractivity contribution in [3.63, 3.8) is 0 Å². The number of hydrogen-bond donors (Lipinski definition) is 1. The summed E-state index contributed by atoms with van der Waals surface area (Å²) in [4.78, 5) is 10.8. The largest absolute Gasteiger partial charge is 0.504 e. The number of para-hydroxylation sites is 1. The molecular formula is C18H14O3. The highest BCUT2D eigenvalue weighted by Crippen LogP contribution is 2.29. The van der Waals surface area contributed by atoms with Crippen molar-refractivity contribution < 1.29 is 14.6 Å². The molecule has 3 nitrogen and oxygen atoms in total. The molecule has 21 heavy (non-hydrogen) atoms. The SMILES string of the molecule is O=Cc1cccc(OCc2ccc3ccccc3c2)c1O. The molecular weight excluding hydrogens is 264 g/mol. The number of hydrogen-bond acceptors (Lipinski definition) is 3. The van der Waals surface area contributed by atoms with Gasteiger partial charge >= 0.3 is 0 Å². The van der Waals surface area contributed by atoms with Gasteiger partial charge in [-0.3, -0.25) is 4.79 Å². The fourth-order valence-electron chi connectivity index (χ4n) is 2.24. The van der Waals surface area contributed by atoms with Crippen molar-refractivity contribution in [3.05, 3.63) is 71.8 Å². The Labute approximate surface area is 122 Å². The van der Waals surface area contributed by atoms with Gasteiger partial charge in [0.15, 0.2) is 17.8 Å². The Kier molecular flexibility index (Phi) is 3.56. The Bertz CT molecular complexity index is 793. The zero-order valence-corrected chi connectivity index (χ0v) is 11.3. The van der Waals surface area contributed by atoms with E-state index in [0.29, 0.717) is 18.6 Å². The van der Waals surface area contributed by atoms with Crippen molar-refractivity contribution in [2.75, 3.05) is 0 Å². The van der Waals surface area contributed by atoms with Gasteiger partial charge in [-0.15, -0.1) is 0 Å². The average Bonchev–Trinajstić information content (AvgIpc) is 2.54. The number of phenolic OH excluding ortho intramolecular Hbond substituents is 1. The van der Waals surface area contributed by atoms with Gasteiger partial charge in [-0.25, -0.2) is 0 Å². The van der Waals surface area contributed by atoms with Gasteiger partial charge in [0.25, 0.3) is 0 Å². The normalized spacial score (nSPS) is 10.5. The van der Waals surface area contributed by atoms with E-state index in [4.69, 9.17) is 4.74 Å². The lowest BCUT2D eigenvalue weighted by Crippen LogP contribution is -1.96. The summed E-state index contributed by atoms with van der Waals surface area (Å²) in [6.07, 6.45) is 0.609. The van der Waals surface area contributed by atoms with E-state index in [0.717, 1.165) is 10.9 Å². The van der Waals surface area contributed by atoms with Crippen molar-refractivity contribution in [3.8, 4) is 11.5 Å². The number of rotatable bonds is 4. The Balaban J connectivity index is 1.81. The maximum Gasteiger partial charge on any atom is 0.168 e. The third-order valence-electron chi connectivity index (χ3n) is 3.37. The summed E-state index contributed by atoms with van der Waals surface area (Å²) in [6, 6.07) is 19.0. The number of carbonyl (C=O) groups excluding carboxylic acids is 1. The lowest BCUT2D eigenvalue weighted by Gasteiger charge is -2.09. The maximum atomic E-state index is 10.8. The standard InChI is InChI=1S/C18H14O3/c19-11-16-6-3-7-17(18(16)20)21-12-13-8-9-14-4-1-2-5-15(14)10-13/h1-11,20H,12H2. The molecule has 0 saturated heterocycles. The molecule has 3 heteroatoms. The van der Waals surface area contributed by atoms with Gasteiger partial charge in [0.1, 0.15) is 6.61 Å². The van der Waals surface area contributed by atoms with E-state index in [9.17, 15) is 9.90 Å². The van der Waals surface area contributed by atoms with Crippen LogP contribution in [0.1, 0.15) is 15.9 Å². The van der Waals surface area contributed by atoms with Crippen LogP contribution in [0.5, 0.6) is 11.5 Å². The molecule has 3 aromatic carbocycles. The van der Waals surface area contributed by atoms with Gasteiger partial charge in [0.2, 0.25) is 0 Å². The highest BCUT2D eigenvalue weighted by molar-refractivity contribution is 5.83. The van der Waals surface area contributed by atoms with Crippen LogP contribution in [0.3, 0.4) is 0 Å². The van der Waals surface area contributed by atoms with Crippen LogP contribution in [0.4, 0.5) is 0 Å². The topological polar surface area (TPSA) is 46.5 Å². The van der Waals surface area contributed by atoms with E-state index in [1.54, 1.807) is 18.2 Å². The Morgan fingerprint density at radius 1 is 0.952 bits per heavy atom. The molecule has 0 aromatic heterocycles. The zero-order valence-electron chi connectivity index (χ0n) is 11.3. The van der Waals surface area contributed by atoms with Gasteiger partial charge in [-0.1, -0.05) is 42.5 Å². The molecule has 0 fully saturated rings. The number of aromatic hydroxyl groups is 1. The second-order valence-corrected chi connectivity index (χ2v) is 4.78. The van der Waals surface area contributed by atoms with Crippen molar-refractivity contribution >= 4 is 17.1 Å². The number of ether oxygens (including phenoxy) is 1. The number of carbonyl (C=O) groups is 1. The minimum Gasteiger partial charge on any atom is -0.504 e. The van der Waals surface area contributed by atoms with Gasteiger partial charge in [-0.05, 0) is 34.5 Å². The van der Waals surface area contributed by atoms with Crippen molar-refractivity contribution in [1.29, 1.82) is 0 Å². The molecule has 0 spiro atoms. The van der Waals surface area contributed by atoms with Crippen LogP contribution >= 0.6 is 0 Å². The first-order chi connectivity index (χ1) is 10.3. The third-order valence-corrected chi connectivity index (χ3v) is 3.37. The third kappa shape index (κ3) is 2.72. The molecule has 0 aliphatic heterocycles. The summed E-state index contributed by atoms with van der Waals surface area (Å²) in [5.74, 6) is 0.195. The summed E-state index contributed by atoms with van der Waals surface area (Å²) >= 11 is 0. The lowest BCUT2D eigenvalue weighted by atomic mass is 10.1. The van der Waals surface area contributed by atoms with E-state index in [2.05, 4.69) is 12.1 Å². The highest BCUT2D eigenvalue weighted by Gasteiger charge is 2.07. The summed E-state index contributed by atoms with van der Waals surface area (Å²) in [5, 5.41) is 12.2. The number of benzene rings is 3. The molecule has 0 amide bonds. The molecule has 0 atom stereocenters. The van der Waals surface area contributed by atoms with Crippen LogP contribution < -0.4 is 4.74 Å². The monoisotopic (exact) mass is 278 g/mol. The molecule has 0 aliphatic rings. The number of phenols is 1. The molecule has 1 N–H and O–H groups in total. The lowest BCUT2D eigenvalue weighted by molar-refractivity contribution is 0.112. The molecule has 0 radical (unpaired) electrons. The zero-order chi connectivity index (χ0) is 14.7. The van der Waals surface area contributed by atoms with Gasteiger partial charge < -0.3 is 9.84 Å². The van der Waals surface area contributed by atoms with E-state index < -0.39 is 0 Å². The van der Waals surface area contributed by atoms with E-state index in [-0.39, 0.29) is 11.3 Å².